The van der Waals surface area contributed by atoms with Gasteiger partial charge in [0.25, 0.3) is 0 Å². The Morgan fingerprint density at radius 1 is 1.43 bits per heavy atom. The van der Waals surface area contributed by atoms with Crippen molar-refractivity contribution in [1.29, 1.82) is 0 Å². The number of amides is 2. The van der Waals surface area contributed by atoms with Gasteiger partial charge in [0.2, 0.25) is 0 Å². The molecule has 114 valence electrons. The lowest BCUT2D eigenvalue weighted by molar-refractivity contribution is -0.136. The van der Waals surface area contributed by atoms with E-state index in [4.69, 9.17) is 9.84 Å². The molecule has 0 unspecified atom stereocenters. The van der Waals surface area contributed by atoms with Crippen molar-refractivity contribution in [3.63, 3.8) is 0 Å². The van der Waals surface area contributed by atoms with Gasteiger partial charge in [-0.1, -0.05) is 12.2 Å². The van der Waals surface area contributed by atoms with Crippen LogP contribution in [-0.4, -0.2) is 41.8 Å². The summed E-state index contributed by atoms with van der Waals surface area (Å²) in [7, 11) is 0. The van der Waals surface area contributed by atoms with Gasteiger partial charge in [0.1, 0.15) is 0 Å². The number of carbonyl (C=O) groups excluding carboxylic acids is 1. The average molecular weight is 293 g/mol. The number of carboxylic acids is 1. The standard InChI is InChI=1S/C14H19N3O4/c1-10(2)9-21-6-5-15-14(20)17-12-4-3-11(16-8-12)7-13(18)19/h3-4,8H,1,5-7,9H2,2H3,(H,18,19)(H2,15,17,20). The molecule has 3 N–H and O–H groups in total. The number of nitrogens with one attached hydrogen (secondary N) is 2. The fraction of sp³-hybridized carbons (Fsp3) is 0.357. The summed E-state index contributed by atoms with van der Waals surface area (Å²) < 4.78 is 5.24. The molecule has 0 atom stereocenters. The van der Waals surface area contributed by atoms with Gasteiger partial charge in [-0.3, -0.25) is 9.78 Å². The second kappa shape index (κ2) is 8.70. The second-order valence-electron chi connectivity index (χ2n) is 4.50. The third kappa shape index (κ3) is 7.68. The van der Waals surface area contributed by atoms with Gasteiger partial charge in [-0.05, 0) is 19.1 Å². The van der Waals surface area contributed by atoms with Gasteiger partial charge in [0.05, 0.1) is 37.2 Å². The molecular formula is C14H19N3O4. The zero-order valence-electron chi connectivity index (χ0n) is 11.9. The lowest BCUT2D eigenvalue weighted by Gasteiger charge is -2.08. The van der Waals surface area contributed by atoms with Crippen molar-refractivity contribution < 1.29 is 19.4 Å². The van der Waals surface area contributed by atoms with E-state index in [1.54, 1.807) is 12.1 Å². The Morgan fingerprint density at radius 2 is 2.19 bits per heavy atom. The van der Waals surface area contributed by atoms with E-state index in [1.165, 1.54) is 6.20 Å². The highest BCUT2D eigenvalue weighted by molar-refractivity contribution is 5.89. The SMILES string of the molecule is C=C(C)COCCNC(=O)Nc1ccc(CC(=O)O)nc1. The van der Waals surface area contributed by atoms with E-state index >= 15 is 0 Å². The zero-order chi connectivity index (χ0) is 15.7. The number of rotatable bonds is 8. The van der Waals surface area contributed by atoms with Gasteiger partial charge in [0, 0.05) is 6.54 Å². The molecule has 0 aromatic carbocycles. The van der Waals surface area contributed by atoms with Crippen molar-refractivity contribution in [1.82, 2.24) is 10.3 Å². The number of pyridine rings is 1. The van der Waals surface area contributed by atoms with Crippen LogP contribution in [0.15, 0.2) is 30.5 Å². The van der Waals surface area contributed by atoms with Crippen LogP contribution < -0.4 is 10.6 Å². The quantitative estimate of drug-likeness (QED) is 0.497. The molecule has 7 nitrogen and oxygen atoms in total. The Bertz CT molecular complexity index is 499. The van der Waals surface area contributed by atoms with Crippen molar-refractivity contribution in [3.05, 3.63) is 36.2 Å². The van der Waals surface area contributed by atoms with Crippen LogP contribution in [0.3, 0.4) is 0 Å². The average Bonchev–Trinajstić information content (AvgIpc) is 2.39. The molecule has 0 bridgehead atoms. The minimum absolute atomic E-state index is 0.146. The summed E-state index contributed by atoms with van der Waals surface area (Å²) in [6.07, 6.45) is 1.27. The molecule has 0 spiro atoms. The number of hydrogen-bond acceptors (Lipinski definition) is 4. The molecule has 1 aromatic rings. The molecule has 0 aliphatic carbocycles. The van der Waals surface area contributed by atoms with Crippen LogP contribution in [0, 0.1) is 0 Å². The molecule has 0 aliphatic rings. The molecule has 1 rings (SSSR count). The van der Waals surface area contributed by atoms with E-state index in [9.17, 15) is 9.59 Å². The Kier molecular flexibility index (Phi) is 6.90. The third-order valence-corrected chi connectivity index (χ3v) is 2.30. The molecule has 0 aliphatic heterocycles. The fourth-order valence-corrected chi connectivity index (χ4v) is 1.42. The van der Waals surface area contributed by atoms with E-state index in [2.05, 4.69) is 22.2 Å². The Labute approximate surface area is 123 Å². The summed E-state index contributed by atoms with van der Waals surface area (Å²) in [5.41, 5.74) is 1.85. The fourth-order valence-electron chi connectivity index (χ4n) is 1.42. The number of carbonyl (C=O) groups is 2. The van der Waals surface area contributed by atoms with Crippen molar-refractivity contribution in [3.8, 4) is 0 Å². The highest BCUT2D eigenvalue weighted by Gasteiger charge is 2.04. The van der Waals surface area contributed by atoms with E-state index in [1.807, 2.05) is 6.92 Å². The van der Waals surface area contributed by atoms with Gasteiger partial charge in [-0.15, -0.1) is 0 Å². The molecule has 0 fully saturated rings. The van der Waals surface area contributed by atoms with Crippen LogP contribution >= 0.6 is 0 Å². The molecular weight excluding hydrogens is 274 g/mol. The Balaban J connectivity index is 2.27. The maximum atomic E-state index is 11.6. The van der Waals surface area contributed by atoms with Crippen LogP contribution in [0.1, 0.15) is 12.6 Å². The molecule has 7 heteroatoms. The summed E-state index contributed by atoms with van der Waals surface area (Å²) in [5, 5.41) is 13.8. The van der Waals surface area contributed by atoms with E-state index in [0.29, 0.717) is 31.1 Å². The molecule has 2 amide bonds. The van der Waals surface area contributed by atoms with Crippen LogP contribution in [-0.2, 0) is 16.0 Å². The monoisotopic (exact) mass is 293 g/mol. The van der Waals surface area contributed by atoms with Crippen molar-refractivity contribution >= 4 is 17.7 Å². The molecule has 0 radical (unpaired) electrons. The molecule has 0 saturated heterocycles. The molecule has 1 heterocycles. The smallest absolute Gasteiger partial charge is 0.319 e. The molecule has 1 aromatic heterocycles. The minimum atomic E-state index is -0.948. The third-order valence-electron chi connectivity index (χ3n) is 2.30. The number of anilines is 1. The number of nitrogens with zero attached hydrogens (tertiary/aromatic N) is 1. The number of aromatic nitrogens is 1. The Hall–Kier alpha value is -2.41. The second-order valence-corrected chi connectivity index (χ2v) is 4.50. The first-order chi connectivity index (χ1) is 9.97. The maximum Gasteiger partial charge on any atom is 0.319 e. The van der Waals surface area contributed by atoms with Crippen LogP contribution in [0.4, 0.5) is 10.5 Å². The van der Waals surface area contributed by atoms with Crippen LogP contribution in [0.25, 0.3) is 0 Å². The summed E-state index contributed by atoms with van der Waals surface area (Å²) in [6, 6.07) is 2.78. The van der Waals surface area contributed by atoms with E-state index in [0.717, 1.165) is 5.57 Å². The summed E-state index contributed by atoms with van der Waals surface area (Å²) in [6.45, 7) is 6.81. The number of urea groups is 1. The van der Waals surface area contributed by atoms with Gasteiger partial charge in [0.15, 0.2) is 0 Å². The zero-order valence-corrected chi connectivity index (χ0v) is 11.9. The maximum absolute atomic E-state index is 11.6. The summed E-state index contributed by atoms with van der Waals surface area (Å²) >= 11 is 0. The molecule has 21 heavy (non-hydrogen) atoms. The van der Waals surface area contributed by atoms with Crippen LogP contribution in [0.2, 0.25) is 0 Å². The van der Waals surface area contributed by atoms with Gasteiger partial charge >= 0.3 is 12.0 Å². The number of aliphatic carboxylic acids is 1. The van der Waals surface area contributed by atoms with Gasteiger partial charge in [-0.2, -0.15) is 0 Å². The number of carboxylic acid groups (broad SMARTS) is 1. The van der Waals surface area contributed by atoms with Gasteiger partial charge in [-0.25, -0.2) is 4.79 Å². The van der Waals surface area contributed by atoms with Crippen molar-refractivity contribution in [2.24, 2.45) is 0 Å². The predicted octanol–water partition coefficient (Wildman–Crippen LogP) is 1.42. The summed E-state index contributed by atoms with van der Waals surface area (Å²) in [5.74, 6) is -0.948. The summed E-state index contributed by atoms with van der Waals surface area (Å²) in [4.78, 5) is 26.0. The van der Waals surface area contributed by atoms with Crippen LogP contribution in [0.5, 0.6) is 0 Å². The van der Waals surface area contributed by atoms with Crippen molar-refractivity contribution in [2.45, 2.75) is 13.3 Å². The molecule has 0 saturated carbocycles. The highest BCUT2D eigenvalue weighted by atomic mass is 16.5. The largest absolute Gasteiger partial charge is 0.481 e. The first kappa shape index (κ1) is 16.6. The number of hydrogen-bond donors (Lipinski definition) is 3. The first-order valence-corrected chi connectivity index (χ1v) is 6.41. The van der Waals surface area contributed by atoms with Crippen molar-refractivity contribution in [2.75, 3.05) is 25.1 Å². The topological polar surface area (TPSA) is 101 Å². The highest BCUT2D eigenvalue weighted by Crippen LogP contribution is 2.06. The normalized spacial score (nSPS) is 9.95. The van der Waals surface area contributed by atoms with E-state index < -0.39 is 5.97 Å². The number of ether oxygens (including phenoxy) is 1. The lowest BCUT2D eigenvalue weighted by atomic mass is 10.2. The Morgan fingerprint density at radius 3 is 2.76 bits per heavy atom. The lowest BCUT2D eigenvalue weighted by Crippen LogP contribution is -2.31. The predicted molar refractivity (Wildman–Crippen MR) is 78.2 cm³/mol. The first-order valence-electron chi connectivity index (χ1n) is 6.41. The van der Waals surface area contributed by atoms with E-state index in [-0.39, 0.29) is 12.5 Å². The minimum Gasteiger partial charge on any atom is -0.481 e. The van der Waals surface area contributed by atoms with Gasteiger partial charge < -0.3 is 20.5 Å².